The molecule has 0 spiro atoms. The molecule has 8 heteroatoms. The van der Waals surface area contributed by atoms with E-state index in [4.69, 9.17) is 17.3 Å². The summed E-state index contributed by atoms with van der Waals surface area (Å²) >= 11 is 5.74. The SMILES string of the molecule is Nc1cc(NCc2ccc(Cl)cc2)nc(C(F)(F)F)n1. The Morgan fingerprint density at radius 2 is 1.80 bits per heavy atom. The van der Waals surface area contributed by atoms with E-state index in [1.165, 1.54) is 6.07 Å². The lowest BCUT2D eigenvalue weighted by Gasteiger charge is -2.10. The zero-order chi connectivity index (χ0) is 14.8. The van der Waals surface area contributed by atoms with Gasteiger partial charge in [-0.05, 0) is 17.7 Å². The Labute approximate surface area is 117 Å². The normalized spacial score (nSPS) is 11.4. The molecular formula is C12H10ClF3N4. The maximum Gasteiger partial charge on any atom is 0.451 e. The minimum atomic E-state index is -4.63. The van der Waals surface area contributed by atoms with Gasteiger partial charge in [0.05, 0.1) is 0 Å². The molecule has 0 saturated heterocycles. The van der Waals surface area contributed by atoms with Crippen LogP contribution in [0.2, 0.25) is 5.02 Å². The van der Waals surface area contributed by atoms with Gasteiger partial charge < -0.3 is 11.1 Å². The fraction of sp³-hybridized carbons (Fsp3) is 0.167. The Morgan fingerprint density at radius 1 is 1.15 bits per heavy atom. The molecule has 0 unspecified atom stereocenters. The Kier molecular flexibility index (Phi) is 3.99. The number of hydrogen-bond acceptors (Lipinski definition) is 4. The van der Waals surface area contributed by atoms with Crippen molar-refractivity contribution in [3.63, 3.8) is 0 Å². The minimum Gasteiger partial charge on any atom is -0.384 e. The van der Waals surface area contributed by atoms with Gasteiger partial charge in [-0.15, -0.1) is 0 Å². The van der Waals surface area contributed by atoms with Gasteiger partial charge in [0.1, 0.15) is 11.6 Å². The van der Waals surface area contributed by atoms with E-state index in [0.29, 0.717) is 11.6 Å². The standard InChI is InChI=1S/C12H10ClF3N4/c13-8-3-1-7(2-4-8)6-18-10-5-9(17)19-11(20-10)12(14,15)16/h1-5H,6H2,(H3,17,18,19,20). The van der Waals surface area contributed by atoms with Gasteiger partial charge in [-0.2, -0.15) is 13.2 Å². The van der Waals surface area contributed by atoms with Crippen LogP contribution in [0.5, 0.6) is 0 Å². The molecule has 0 fully saturated rings. The highest BCUT2D eigenvalue weighted by molar-refractivity contribution is 6.30. The van der Waals surface area contributed by atoms with Crippen molar-refractivity contribution in [2.75, 3.05) is 11.1 Å². The van der Waals surface area contributed by atoms with Crippen LogP contribution in [0.1, 0.15) is 11.4 Å². The third-order valence-corrected chi connectivity index (χ3v) is 2.64. The van der Waals surface area contributed by atoms with Gasteiger partial charge in [-0.25, -0.2) is 9.97 Å². The maximum absolute atomic E-state index is 12.5. The average Bonchev–Trinajstić information content (AvgIpc) is 2.36. The Bertz CT molecular complexity index is 599. The zero-order valence-electron chi connectivity index (χ0n) is 10.1. The first kappa shape index (κ1) is 14.4. The van der Waals surface area contributed by atoms with Crippen molar-refractivity contribution in [3.05, 3.63) is 46.7 Å². The summed E-state index contributed by atoms with van der Waals surface area (Å²) in [6, 6.07) is 8.13. The number of halogens is 4. The summed E-state index contributed by atoms with van der Waals surface area (Å²) in [5.41, 5.74) is 6.18. The maximum atomic E-state index is 12.5. The lowest BCUT2D eigenvalue weighted by Crippen LogP contribution is -2.14. The van der Waals surface area contributed by atoms with Crippen molar-refractivity contribution < 1.29 is 13.2 Å². The van der Waals surface area contributed by atoms with Crippen molar-refractivity contribution in [1.29, 1.82) is 0 Å². The van der Waals surface area contributed by atoms with Gasteiger partial charge in [0.2, 0.25) is 5.82 Å². The molecule has 3 N–H and O–H groups in total. The molecule has 2 rings (SSSR count). The van der Waals surface area contributed by atoms with Crippen LogP contribution < -0.4 is 11.1 Å². The van der Waals surface area contributed by atoms with Crippen LogP contribution in [0.4, 0.5) is 24.8 Å². The molecule has 2 aromatic rings. The van der Waals surface area contributed by atoms with E-state index < -0.39 is 12.0 Å². The first-order valence-corrected chi connectivity index (χ1v) is 5.92. The van der Waals surface area contributed by atoms with E-state index in [0.717, 1.165) is 5.56 Å². The summed E-state index contributed by atoms with van der Waals surface area (Å²) in [4.78, 5) is 6.54. The number of alkyl halides is 3. The van der Waals surface area contributed by atoms with Crippen LogP contribution in [0, 0.1) is 0 Å². The molecule has 0 aliphatic rings. The molecule has 1 heterocycles. The van der Waals surface area contributed by atoms with Gasteiger partial charge >= 0.3 is 6.18 Å². The van der Waals surface area contributed by atoms with E-state index in [9.17, 15) is 13.2 Å². The fourth-order valence-electron chi connectivity index (χ4n) is 1.48. The summed E-state index contributed by atoms with van der Waals surface area (Å²) in [5.74, 6) is -1.50. The minimum absolute atomic E-state index is 0.0137. The molecular weight excluding hydrogens is 293 g/mol. The predicted octanol–water partition coefficient (Wildman–Crippen LogP) is 3.34. The summed E-state index contributed by atoms with van der Waals surface area (Å²) in [7, 11) is 0. The van der Waals surface area contributed by atoms with Crippen molar-refractivity contribution >= 4 is 23.2 Å². The second-order valence-electron chi connectivity index (χ2n) is 3.98. The van der Waals surface area contributed by atoms with Crippen molar-refractivity contribution in [2.24, 2.45) is 0 Å². The lowest BCUT2D eigenvalue weighted by atomic mass is 10.2. The topological polar surface area (TPSA) is 63.8 Å². The van der Waals surface area contributed by atoms with Gasteiger partial charge in [-0.3, -0.25) is 0 Å². The van der Waals surface area contributed by atoms with Crippen molar-refractivity contribution in [2.45, 2.75) is 12.7 Å². The highest BCUT2D eigenvalue weighted by atomic mass is 35.5. The molecule has 1 aromatic carbocycles. The predicted molar refractivity (Wildman–Crippen MR) is 70.2 cm³/mol. The van der Waals surface area contributed by atoms with E-state index in [2.05, 4.69) is 15.3 Å². The summed E-state index contributed by atoms with van der Waals surface area (Å²) < 4.78 is 37.6. The van der Waals surface area contributed by atoms with Gasteiger partial charge in [0.15, 0.2) is 0 Å². The highest BCUT2D eigenvalue weighted by Gasteiger charge is 2.35. The molecule has 0 aliphatic heterocycles. The molecule has 1 aromatic heterocycles. The van der Waals surface area contributed by atoms with Crippen molar-refractivity contribution in [1.82, 2.24) is 9.97 Å². The van der Waals surface area contributed by atoms with E-state index in [1.807, 2.05) is 0 Å². The molecule has 0 amide bonds. The lowest BCUT2D eigenvalue weighted by molar-refractivity contribution is -0.144. The third-order valence-electron chi connectivity index (χ3n) is 2.39. The van der Waals surface area contributed by atoms with Gasteiger partial charge in [0, 0.05) is 17.6 Å². The van der Waals surface area contributed by atoms with E-state index in [-0.39, 0.29) is 11.6 Å². The summed E-state index contributed by atoms with van der Waals surface area (Å²) in [5, 5.41) is 3.34. The van der Waals surface area contributed by atoms with Gasteiger partial charge in [0.25, 0.3) is 0 Å². The number of nitrogen functional groups attached to an aromatic ring is 1. The van der Waals surface area contributed by atoms with Crippen LogP contribution in [-0.2, 0) is 12.7 Å². The molecule has 20 heavy (non-hydrogen) atoms. The molecule has 0 aliphatic carbocycles. The quantitative estimate of drug-likeness (QED) is 0.912. The molecule has 0 radical (unpaired) electrons. The number of nitrogens with zero attached hydrogens (tertiary/aromatic N) is 2. The van der Waals surface area contributed by atoms with Crippen LogP contribution in [0.15, 0.2) is 30.3 Å². The molecule has 0 atom stereocenters. The van der Waals surface area contributed by atoms with E-state index >= 15 is 0 Å². The van der Waals surface area contributed by atoms with Crippen LogP contribution >= 0.6 is 11.6 Å². The molecule has 0 saturated carbocycles. The number of aromatic nitrogens is 2. The third kappa shape index (κ3) is 3.74. The fourth-order valence-corrected chi connectivity index (χ4v) is 1.60. The first-order valence-electron chi connectivity index (χ1n) is 5.54. The zero-order valence-corrected chi connectivity index (χ0v) is 10.8. The van der Waals surface area contributed by atoms with Gasteiger partial charge in [-0.1, -0.05) is 23.7 Å². The second kappa shape index (κ2) is 5.54. The highest BCUT2D eigenvalue weighted by Crippen LogP contribution is 2.27. The monoisotopic (exact) mass is 302 g/mol. The second-order valence-corrected chi connectivity index (χ2v) is 4.42. The number of benzene rings is 1. The molecule has 106 valence electrons. The van der Waals surface area contributed by atoms with Crippen LogP contribution in [0.25, 0.3) is 0 Å². The van der Waals surface area contributed by atoms with E-state index in [1.54, 1.807) is 24.3 Å². The Balaban J connectivity index is 2.13. The number of nitrogens with one attached hydrogen (secondary N) is 1. The average molecular weight is 303 g/mol. The first-order chi connectivity index (χ1) is 9.34. The largest absolute Gasteiger partial charge is 0.451 e. The number of anilines is 2. The number of nitrogens with two attached hydrogens (primary N) is 1. The molecule has 0 bridgehead atoms. The summed E-state index contributed by atoms with van der Waals surface area (Å²) in [6.45, 7) is 0.297. The van der Waals surface area contributed by atoms with Crippen LogP contribution in [-0.4, -0.2) is 9.97 Å². The Morgan fingerprint density at radius 3 is 2.40 bits per heavy atom. The number of hydrogen-bond donors (Lipinski definition) is 2. The Hall–Kier alpha value is -2.02. The summed E-state index contributed by atoms with van der Waals surface area (Å²) in [6.07, 6.45) is -4.63. The molecule has 4 nitrogen and oxygen atoms in total. The van der Waals surface area contributed by atoms with Crippen molar-refractivity contribution in [3.8, 4) is 0 Å². The number of rotatable bonds is 3. The van der Waals surface area contributed by atoms with Crippen LogP contribution in [0.3, 0.4) is 0 Å². The smallest absolute Gasteiger partial charge is 0.384 e.